The van der Waals surface area contributed by atoms with Gasteiger partial charge in [0, 0.05) is 17.9 Å². The van der Waals surface area contributed by atoms with Crippen molar-refractivity contribution in [3.8, 4) is 0 Å². The van der Waals surface area contributed by atoms with Gasteiger partial charge in [-0.1, -0.05) is 19.3 Å². The number of ether oxygens (including phenoxy) is 2. The number of Topliss-reactive ketones (excluding diaryl/α,β-unsaturated/α-hetero) is 1. The molecule has 0 radical (unpaired) electrons. The fourth-order valence-corrected chi connectivity index (χ4v) is 7.72. The summed E-state index contributed by atoms with van der Waals surface area (Å²) in [5.41, 5.74) is 0.854. The lowest BCUT2D eigenvalue weighted by Crippen LogP contribution is -2.51. The Bertz CT molecular complexity index is 723. The minimum atomic E-state index is -2.00. The molecule has 0 aromatic carbocycles. The number of methoxy groups -OCH3 is 1. The van der Waals surface area contributed by atoms with Crippen LogP contribution in [-0.2, 0) is 23.5 Å². The van der Waals surface area contributed by atoms with Crippen LogP contribution in [0.3, 0.4) is 0 Å². The predicted octanol–water partition coefficient (Wildman–Crippen LogP) is 4.37. The minimum Gasteiger partial charge on any atom is -0.466 e. The molecule has 5 atom stereocenters. The molecule has 4 rings (SSSR count). The summed E-state index contributed by atoms with van der Waals surface area (Å²) in [6.45, 7) is 8.26. The van der Waals surface area contributed by atoms with Gasteiger partial charge < -0.3 is 13.9 Å². The van der Waals surface area contributed by atoms with Crippen molar-refractivity contribution < 1.29 is 23.5 Å². The third-order valence-electron chi connectivity index (χ3n) is 7.36. The van der Waals surface area contributed by atoms with E-state index in [0.29, 0.717) is 17.1 Å². The smallest absolute Gasteiger partial charge is 0.334 e. The minimum absolute atomic E-state index is 0.0849. The highest BCUT2D eigenvalue weighted by Gasteiger charge is 2.67. The van der Waals surface area contributed by atoms with Crippen LogP contribution >= 0.6 is 0 Å². The Kier molecular flexibility index (Phi) is 4.91. The normalized spacial score (nSPS) is 40.6. The largest absolute Gasteiger partial charge is 0.466 e. The van der Waals surface area contributed by atoms with E-state index >= 15 is 0 Å². The second kappa shape index (κ2) is 6.78. The van der Waals surface area contributed by atoms with Gasteiger partial charge in [-0.05, 0) is 58.2 Å². The van der Waals surface area contributed by atoms with Crippen molar-refractivity contribution >= 4 is 20.1 Å². The molecule has 6 heteroatoms. The number of rotatable bonds is 3. The number of hydrogen-bond acceptors (Lipinski definition) is 5. The summed E-state index contributed by atoms with van der Waals surface area (Å²) in [4.78, 5) is 25.9. The third-order valence-corrected chi connectivity index (χ3v) is 8.32. The van der Waals surface area contributed by atoms with E-state index in [-0.39, 0.29) is 23.2 Å². The van der Waals surface area contributed by atoms with Crippen LogP contribution < -0.4 is 0 Å². The Morgan fingerprint density at radius 3 is 2.57 bits per heavy atom. The van der Waals surface area contributed by atoms with Crippen LogP contribution in [0.2, 0.25) is 19.6 Å². The highest BCUT2D eigenvalue weighted by atomic mass is 28.4. The van der Waals surface area contributed by atoms with Crippen molar-refractivity contribution in [2.24, 2.45) is 17.8 Å². The molecular formula is C22H34O5Si. The quantitative estimate of drug-likeness (QED) is 0.514. The van der Waals surface area contributed by atoms with Gasteiger partial charge in [0.2, 0.25) is 0 Å². The molecular weight excluding hydrogens is 372 g/mol. The van der Waals surface area contributed by atoms with Crippen LogP contribution in [-0.4, -0.2) is 38.6 Å². The molecule has 28 heavy (non-hydrogen) atoms. The molecule has 2 bridgehead atoms. The van der Waals surface area contributed by atoms with Gasteiger partial charge >= 0.3 is 5.97 Å². The topological polar surface area (TPSA) is 61.8 Å². The molecule has 2 aliphatic carbocycles. The average molecular weight is 407 g/mol. The summed E-state index contributed by atoms with van der Waals surface area (Å²) >= 11 is 0. The Morgan fingerprint density at radius 2 is 1.89 bits per heavy atom. The van der Waals surface area contributed by atoms with Gasteiger partial charge in [-0.25, -0.2) is 4.79 Å². The van der Waals surface area contributed by atoms with Crippen LogP contribution in [0.25, 0.3) is 0 Å². The molecule has 0 aromatic heterocycles. The standard InChI is InChI=1S/C22H34O5Si/c1-14-17(20(24)25-2)18-16(19(14)23)10-12-21-11-8-6-7-9-15(21)13-22(18,26-21)27-28(3,4)5/h15-16,18H,6-13H2,1-5H3/t15-,16-,18+,21+,22-/m0/s1. The van der Waals surface area contributed by atoms with E-state index in [1.54, 1.807) is 6.92 Å². The number of carbonyl (C=O) groups excluding carboxylic acids is 2. The monoisotopic (exact) mass is 406 g/mol. The molecule has 0 amide bonds. The van der Waals surface area contributed by atoms with Crippen LogP contribution in [0.1, 0.15) is 58.3 Å². The number of carbonyl (C=O) groups is 2. The maximum absolute atomic E-state index is 13.2. The van der Waals surface area contributed by atoms with Crippen LogP contribution in [0.5, 0.6) is 0 Å². The number of allylic oxidation sites excluding steroid dienone is 1. The van der Waals surface area contributed by atoms with Crippen molar-refractivity contribution in [3.63, 3.8) is 0 Å². The lowest BCUT2D eigenvalue weighted by molar-refractivity contribution is -0.233. The van der Waals surface area contributed by atoms with Gasteiger partial charge in [0.25, 0.3) is 0 Å². The molecule has 3 fully saturated rings. The highest BCUT2D eigenvalue weighted by Crippen LogP contribution is 2.62. The zero-order valence-corrected chi connectivity index (χ0v) is 18.9. The van der Waals surface area contributed by atoms with Gasteiger partial charge in [0.1, 0.15) is 0 Å². The van der Waals surface area contributed by atoms with Crippen molar-refractivity contribution in [2.75, 3.05) is 7.11 Å². The number of esters is 1. The molecule has 1 saturated carbocycles. The lowest BCUT2D eigenvalue weighted by atomic mass is 9.70. The van der Waals surface area contributed by atoms with Gasteiger partial charge in [0.05, 0.1) is 24.2 Å². The SMILES string of the molecule is COC(=O)C1=C(C)C(=O)[C@H]2CC[C@]34CCCCC[C@H]3C[C@@](O[Si](C)(C)C)(O4)[C@@H]12. The summed E-state index contributed by atoms with van der Waals surface area (Å²) < 4.78 is 18.9. The van der Waals surface area contributed by atoms with E-state index in [9.17, 15) is 9.59 Å². The molecule has 2 heterocycles. The van der Waals surface area contributed by atoms with Crippen molar-refractivity contribution in [1.82, 2.24) is 0 Å². The van der Waals surface area contributed by atoms with Gasteiger partial charge in [-0.2, -0.15) is 0 Å². The number of fused-ring (bicyclic) bond motifs is 3. The van der Waals surface area contributed by atoms with Crippen molar-refractivity contribution in [1.29, 1.82) is 0 Å². The summed E-state index contributed by atoms with van der Waals surface area (Å²) in [5, 5.41) is 0. The Morgan fingerprint density at radius 1 is 1.14 bits per heavy atom. The molecule has 0 unspecified atom stereocenters. The van der Waals surface area contributed by atoms with Crippen molar-refractivity contribution in [3.05, 3.63) is 11.1 Å². The summed E-state index contributed by atoms with van der Waals surface area (Å²) in [6, 6.07) is 0. The highest BCUT2D eigenvalue weighted by molar-refractivity contribution is 6.69. The third kappa shape index (κ3) is 3.03. The zero-order valence-electron chi connectivity index (χ0n) is 17.9. The summed E-state index contributed by atoms with van der Waals surface area (Å²) in [7, 11) is -0.610. The maximum Gasteiger partial charge on any atom is 0.334 e. The van der Waals surface area contributed by atoms with E-state index in [1.807, 2.05) is 0 Å². The zero-order chi connectivity index (χ0) is 20.3. The van der Waals surface area contributed by atoms with Gasteiger partial charge in [-0.3, -0.25) is 4.79 Å². The molecule has 2 aliphatic heterocycles. The van der Waals surface area contributed by atoms with Crippen LogP contribution in [0.4, 0.5) is 0 Å². The van der Waals surface area contributed by atoms with Gasteiger partial charge in [0.15, 0.2) is 19.9 Å². The second-order valence-electron chi connectivity index (χ2n) is 10.2. The molecule has 0 aromatic rings. The summed E-state index contributed by atoms with van der Waals surface area (Å²) in [6.07, 6.45) is 8.29. The Labute approximate surface area is 169 Å². The van der Waals surface area contributed by atoms with Crippen LogP contribution in [0, 0.1) is 17.8 Å². The second-order valence-corrected chi connectivity index (χ2v) is 14.6. The molecule has 1 spiro atoms. The maximum atomic E-state index is 13.2. The average Bonchev–Trinajstić information content (AvgIpc) is 2.89. The van der Waals surface area contributed by atoms with E-state index in [2.05, 4.69) is 19.6 Å². The Balaban J connectivity index is 1.85. The lowest BCUT2D eigenvalue weighted by Gasteiger charge is -2.42. The first-order valence-corrected chi connectivity index (χ1v) is 14.3. The van der Waals surface area contributed by atoms with Crippen molar-refractivity contribution in [2.45, 2.75) is 89.3 Å². The predicted molar refractivity (Wildman–Crippen MR) is 108 cm³/mol. The first kappa shape index (κ1) is 20.3. The first-order valence-electron chi connectivity index (χ1n) is 10.9. The number of hydrogen-bond donors (Lipinski definition) is 0. The molecule has 156 valence electrons. The fourth-order valence-electron chi connectivity index (χ4n) is 6.44. The molecule has 5 nitrogen and oxygen atoms in total. The summed E-state index contributed by atoms with van der Waals surface area (Å²) in [5.74, 6) is -1.31. The molecule has 0 N–H and O–H groups in total. The van der Waals surface area contributed by atoms with E-state index < -0.39 is 20.1 Å². The van der Waals surface area contributed by atoms with E-state index in [0.717, 1.165) is 32.1 Å². The number of ketones is 1. The molecule has 2 saturated heterocycles. The van der Waals surface area contributed by atoms with E-state index in [4.69, 9.17) is 13.9 Å². The van der Waals surface area contributed by atoms with Gasteiger partial charge in [-0.15, -0.1) is 0 Å². The first-order chi connectivity index (χ1) is 13.1. The van der Waals surface area contributed by atoms with Crippen LogP contribution in [0.15, 0.2) is 11.1 Å². The Hall–Kier alpha value is -0.983. The fraction of sp³-hybridized carbons (Fsp3) is 0.818. The molecule has 4 aliphatic rings. The van der Waals surface area contributed by atoms with E-state index in [1.165, 1.54) is 26.4 Å².